The highest BCUT2D eigenvalue weighted by molar-refractivity contribution is 8.00. The SMILES string of the molecule is CN1C(=N)C[C@](C)(c2cc(-c3cncc(C#N)c3)cs2)[C@H](Sc2ccccc2)C1=O. The molecular weight excluding hydrogens is 412 g/mol. The van der Waals surface area contributed by atoms with E-state index < -0.39 is 5.41 Å². The molecule has 0 radical (unpaired) electrons. The third kappa shape index (κ3) is 3.64. The highest BCUT2D eigenvalue weighted by Crippen LogP contribution is 2.47. The Morgan fingerprint density at radius 2 is 2.03 bits per heavy atom. The summed E-state index contributed by atoms with van der Waals surface area (Å²) in [4.78, 5) is 20.9. The van der Waals surface area contributed by atoms with Crippen LogP contribution in [0.1, 0.15) is 23.8 Å². The number of benzene rings is 1. The highest BCUT2D eigenvalue weighted by atomic mass is 32.2. The van der Waals surface area contributed by atoms with Gasteiger partial charge in [-0.1, -0.05) is 25.1 Å². The van der Waals surface area contributed by atoms with E-state index in [2.05, 4.69) is 24.0 Å². The summed E-state index contributed by atoms with van der Waals surface area (Å²) in [5.74, 6) is 0.279. The number of thioether (sulfide) groups is 1. The van der Waals surface area contributed by atoms with Crippen molar-refractivity contribution in [3.8, 4) is 17.2 Å². The number of nitriles is 1. The molecular formula is C23H20N4OS2. The van der Waals surface area contributed by atoms with E-state index in [0.29, 0.717) is 17.8 Å². The van der Waals surface area contributed by atoms with E-state index in [-0.39, 0.29) is 11.2 Å². The monoisotopic (exact) mass is 432 g/mol. The minimum absolute atomic E-state index is 0.0503. The number of carbonyl (C=O) groups excluding carboxylic acids is 1. The second kappa shape index (κ2) is 8.05. The van der Waals surface area contributed by atoms with Gasteiger partial charge in [0.15, 0.2) is 0 Å². The van der Waals surface area contributed by atoms with Crippen LogP contribution in [0.15, 0.2) is 65.1 Å². The molecule has 0 aliphatic carbocycles. The van der Waals surface area contributed by atoms with Gasteiger partial charge in [-0.3, -0.25) is 15.2 Å². The zero-order valence-electron chi connectivity index (χ0n) is 16.6. The van der Waals surface area contributed by atoms with Crippen LogP contribution in [-0.4, -0.2) is 33.9 Å². The minimum atomic E-state index is -0.510. The van der Waals surface area contributed by atoms with Crippen molar-refractivity contribution < 1.29 is 4.79 Å². The summed E-state index contributed by atoms with van der Waals surface area (Å²) < 4.78 is 0. The first-order valence-electron chi connectivity index (χ1n) is 9.43. The van der Waals surface area contributed by atoms with Gasteiger partial charge < -0.3 is 4.90 Å². The van der Waals surface area contributed by atoms with Crippen molar-refractivity contribution in [2.24, 2.45) is 0 Å². The number of hydrogen-bond acceptors (Lipinski definition) is 6. The van der Waals surface area contributed by atoms with E-state index in [0.717, 1.165) is 20.9 Å². The number of piperidine rings is 1. The zero-order valence-corrected chi connectivity index (χ0v) is 18.3. The number of amides is 1. The molecule has 0 spiro atoms. The van der Waals surface area contributed by atoms with Crippen LogP contribution in [0.4, 0.5) is 0 Å². The maximum absolute atomic E-state index is 13.2. The molecule has 2 aromatic heterocycles. The molecule has 5 nitrogen and oxygen atoms in total. The molecule has 1 fully saturated rings. The number of nitrogens with zero attached hydrogens (tertiary/aromatic N) is 3. The number of pyridine rings is 1. The van der Waals surface area contributed by atoms with E-state index in [1.165, 1.54) is 4.90 Å². The quantitative estimate of drug-likeness (QED) is 0.633. The van der Waals surface area contributed by atoms with Crippen molar-refractivity contribution in [2.75, 3.05) is 7.05 Å². The van der Waals surface area contributed by atoms with Crippen LogP contribution in [0.2, 0.25) is 0 Å². The van der Waals surface area contributed by atoms with Crippen molar-refractivity contribution in [3.63, 3.8) is 0 Å². The molecule has 1 aliphatic heterocycles. The Morgan fingerprint density at radius 3 is 2.77 bits per heavy atom. The first kappa shape index (κ1) is 20.3. The number of aromatic nitrogens is 1. The Bertz CT molecular complexity index is 1150. The largest absolute Gasteiger partial charge is 0.303 e. The molecule has 1 amide bonds. The first-order valence-corrected chi connectivity index (χ1v) is 11.2. The summed E-state index contributed by atoms with van der Waals surface area (Å²) in [6.07, 6.45) is 3.77. The van der Waals surface area contributed by atoms with E-state index >= 15 is 0 Å². The molecule has 0 saturated carbocycles. The third-order valence-corrected chi connectivity index (χ3v) is 8.15. The molecule has 2 atom stereocenters. The van der Waals surface area contributed by atoms with Crippen LogP contribution in [0.3, 0.4) is 0 Å². The average molecular weight is 433 g/mol. The van der Waals surface area contributed by atoms with Gasteiger partial charge in [-0.2, -0.15) is 5.26 Å². The van der Waals surface area contributed by atoms with Gasteiger partial charge in [0.1, 0.15) is 11.9 Å². The number of nitrogens with one attached hydrogen (secondary N) is 1. The summed E-state index contributed by atoms with van der Waals surface area (Å²) in [6.45, 7) is 2.08. The number of rotatable bonds is 4. The minimum Gasteiger partial charge on any atom is -0.303 e. The van der Waals surface area contributed by atoms with Crippen LogP contribution in [0.25, 0.3) is 11.1 Å². The first-order chi connectivity index (χ1) is 14.4. The van der Waals surface area contributed by atoms with Crippen LogP contribution in [0.5, 0.6) is 0 Å². The summed E-state index contributed by atoms with van der Waals surface area (Å²) in [6, 6.07) is 15.9. The van der Waals surface area contributed by atoms with Crippen molar-refractivity contribution in [2.45, 2.75) is 28.9 Å². The molecule has 1 N–H and O–H groups in total. The molecule has 1 aromatic carbocycles. The van der Waals surface area contributed by atoms with Crippen molar-refractivity contribution >= 4 is 34.8 Å². The zero-order chi connectivity index (χ0) is 21.3. The second-order valence-electron chi connectivity index (χ2n) is 7.52. The highest BCUT2D eigenvalue weighted by Gasteiger charge is 2.49. The van der Waals surface area contributed by atoms with E-state index in [9.17, 15) is 4.79 Å². The molecule has 1 aliphatic rings. The predicted molar refractivity (Wildman–Crippen MR) is 121 cm³/mol. The number of carbonyl (C=O) groups is 1. The lowest BCUT2D eigenvalue weighted by Crippen LogP contribution is -2.55. The fraction of sp³-hybridized carbons (Fsp3) is 0.217. The van der Waals surface area contributed by atoms with Gasteiger partial charge in [0.2, 0.25) is 5.91 Å². The van der Waals surface area contributed by atoms with E-state index in [1.807, 2.05) is 41.8 Å². The molecule has 1 saturated heterocycles. The van der Waals surface area contributed by atoms with Crippen molar-refractivity contribution in [3.05, 3.63) is 70.7 Å². The Morgan fingerprint density at radius 1 is 1.27 bits per heavy atom. The molecule has 0 unspecified atom stereocenters. The van der Waals surface area contributed by atoms with Crippen LogP contribution < -0.4 is 0 Å². The number of likely N-dealkylation sites (tertiary alicyclic amines) is 1. The van der Waals surface area contributed by atoms with Gasteiger partial charge in [0.05, 0.1) is 10.8 Å². The Kier molecular flexibility index (Phi) is 5.46. The summed E-state index contributed by atoms with van der Waals surface area (Å²) in [7, 11) is 1.68. The topological polar surface area (TPSA) is 80.8 Å². The molecule has 3 heterocycles. The smallest absolute Gasteiger partial charge is 0.242 e. The second-order valence-corrected chi connectivity index (χ2v) is 9.61. The fourth-order valence-corrected chi connectivity index (χ4v) is 6.12. The van der Waals surface area contributed by atoms with Crippen molar-refractivity contribution in [1.82, 2.24) is 9.88 Å². The molecule has 0 bridgehead atoms. The maximum atomic E-state index is 13.2. The van der Waals surface area contributed by atoms with E-state index in [4.69, 9.17) is 10.7 Å². The Hall–Kier alpha value is -2.95. The van der Waals surface area contributed by atoms with Gasteiger partial charge >= 0.3 is 0 Å². The van der Waals surface area contributed by atoms with Gasteiger partial charge in [0, 0.05) is 46.6 Å². The number of amidine groups is 1. The van der Waals surface area contributed by atoms with Crippen LogP contribution in [-0.2, 0) is 10.2 Å². The molecule has 150 valence electrons. The number of hydrogen-bond donors (Lipinski definition) is 1. The molecule has 3 aromatic rings. The summed E-state index contributed by atoms with van der Waals surface area (Å²) >= 11 is 3.15. The fourth-order valence-electron chi connectivity index (χ4n) is 3.62. The standard InChI is InChI=1S/C23H20N4OS2/c1-23(19-9-17(14-29-19)16-8-15(11-24)12-26-13-16)10-20(25)27(2)22(28)21(23)30-18-6-4-3-5-7-18/h3-9,12-14,21,25H,10H2,1-2H3/t21-,23-/m1/s1. The predicted octanol–water partition coefficient (Wildman–Crippen LogP) is 4.94. The molecule has 4 rings (SSSR count). The van der Waals surface area contributed by atoms with Gasteiger partial charge in [-0.15, -0.1) is 23.1 Å². The average Bonchev–Trinajstić information content (AvgIpc) is 3.27. The third-order valence-electron chi connectivity index (χ3n) is 5.43. The Labute approximate surface area is 183 Å². The normalized spacial score (nSPS) is 21.5. The van der Waals surface area contributed by atoms with Gasteiger partial charge in [-0.05, 0) is 35.2 Å². The van der Waals surface area contributed by atoms with Crippen LogP contribution in [0, 0.1) is 16.7 Å². The maximum Gasteiger partial charge on any atom is 0.242 e. The molecule has 7 heteroatoms. The lowest BCUT2D eigenvalue weighted by molar-refractivity contribution is -0.128. The Balaban J connectivity index is 1.74. The lowest BCUT2D eigenvalue weighted by Gasteiger charge is -2.43. The summed E-state index contributed by atoms with van der Waals surface area (Å²) in [5, 5.41) is 19.2. The van der Waals surface area contributed by atoms with Crippen LogP contribution >= 0.6 is 23.1 Å². The molecule has 30 heavy (non-hydrogen) atoms. The van der Waals surface area contributed by atoms with E-state index in [1.54, 1.807) is 42.5 Å². The van der Waals surface area contributed by atoms with Crippen molar-refractivity contribution in [1.29, 1.82) is 10.7 Å². The summed E-state index contributed by atoms with van der Waals surface area (Å²) in [5.41, 5.74) is 1.86. The van der Waals surface area contributed by atoms with Gasteiger partial charge in [0.25, 0.3) is 0 Å². The number of thiophene rings is 1. The lowest BCUT2D eigenvalue weighted by atomic mass is 9.77. The van der Waals surface area contributed by atoms with Gasteiger partial charge in [-0.25, -0.2) is 0 Å².